The average molecular weight is 310 g/mol. The van der Waals surface area contributed by atoms with Crippen LogP contribution < -0.4 is 10.1 Å². The summed E-state index contributed by atoms with van der Waals surface area (Å²) in [5, 5.41) is 13.8. The Bertz CT molecular complexity index is 680. The number of rotatable bonds is 5. The van der Waals surface area contributed by atoms with Gasteiger partial charge in [-0.3, -0.25) is 10.1 Å². The van der Waals surface area contributed by atoms with E-state index in [1.54, 1.807) is 19.1 Å². The number of nitrogens with one attached hydrogen (secondary N) is 1. The van der Waals surface area contributed by atoms with Crippen molar-refractivity contribution in [3.05, 3.63) is 39.2 Å². The van der Waals surface area contributed by atoms with Crippen molar-refractivity contribution in [2.24, 2.45) is 0 Å². The van der Waals surface area contributed by atoms with Gasteiger partial charge in [-0.1, -0.05) is 12.1 Å². The van der Waals surface area contributed by atoms with Gasteiger partial charge in [0, 0.05) is 12.6 Å². The van der Waals surface area contributed by atoms with Gasteiger partial charge in [-0.25, -0.2) is 0 Å². The lowest BCUT2D eigenvalue weighted by molar-refractivity contribution is -0.385. The molecule has 1 heterocycles. The van der Waals surface area contributed by atoms with Crippen LogP contribution in [-0.4, -0.2) is 26.4 Å². The molecule has 0 bridgehead atoms. The van der Waals surface area contributed by atoms with Crippen LogP contribution in [0.4, 0.5) is 11.6 Å². The van der Waals surface area contributed by atoms with Crippen LogP contribution in [0.1, 0.15) is 12.5 Å². The number of hydrogen-bond donors (Lipinski definition) is 1. The number of halogens is 1. The van der Waals surface area contributed by atoms with Gasteiger partial charge in [0.05, 0.1) is 4.92 Å². The largest absolute Gasteiger partial charge is 0.416 e. The van der Waals surface area contributed by atoms with Crippen molar-refractivity contribution in [3.63, 3.8) is 0 Å². The highest BCUT2D eigenvalue weighted by Gasteiger charge is 2.19. The molecule has 0 atom stereocenters. The summed E-state index contributed by atoms with van der Waals surface area (Å²) in [6.45, 7) is 4.14. The molecule has 0 aliphatic heterocycles. The maximum absolute atomic E-state index is 11.0. The Kier molecular flexibility index (Phi) is 4.49. The summed E-state index contributed by atoms with van der Waals surface area (Å²) in [4.78, 5) is 22.2. The number of ether oxygens (including phenoxy) is 1. The van der Waals surface area contributed by atoms with Crippen LogP contribution in [0.5, 0.6) is 11.8 Å². The monoisotopic (exact) mass is 309 g/mol. The first-order valence-electron chi connectivity index (χ1n) is 6.08. The molecule has 110 valence electrons. The molecule has 2 aromatic rings. The maximum atomic E-state index is 11.0. The van der Waals surface area contributed by atoms with E-state index in [0.29, 0.717) is 12.1 Å². The number of anilines is 1. The Morgan fingerprint density at radius 3 is 2.81 bits per heavy atom. The quantitative estimate of drug-likeness (QED) is 0.668. The fourth-order valence-electron chi connectivity index (χ4n) is 1.62. The van der Waals surface area contributed by atoms with Crippen LogP contribution in [0.3, 0.4) is 0 Å². The third kappa shape index (κ3) is 3.54. The number of nitrogens with zero attached hydrogens (tertiary/aromatic N) is 4. The fourth-order valence-corrected chi connectivity index (χ4v) is 1.77. The normalized spacial score (nSPS) is 10.2. The van der Waals surface area contributed by atoms with Gasteiger partial charge >= 0.3 is 11.7 Å². The molecule has 0 unspecified atom stereocenters. The number of aromatic nitrogens is 3. The topological polar surface area (TPSA) is 103 Å². The van der Waals surface area contributed by atoms with Crippen molar-refractivity contribution in [3.8, 4) is 11.8 Å². The molecule has 21 heavy (non-hydrogen) atoms. The van der Waals surface area contributed by atoms with Gasteiger partial charge in [0.1, 0.15) is 0 Å². The maximum Gasteiger partial charge on any atom is 0.328 e. The van der Waals surface area contributed by atoms with E-state index in [1.165, 1.54) is 6.07 Å². The van der Waals surface area contributed by atoms with Gasteiger partial charge < -0.3 is 10.1 Å². The highest BCUT2D eigenvalue weighted by molar-refractivity contribution is 6.28. The third-order valence-electron chi connectivity index (χ3n) is 2.50. The summed E-state index contributed by atoms with van der Waals surface area (Å²) >= 11 is 5.78. The van der Waals surface area contributed by atoms with E-state index < -0.39 is 4.92 Å². The Balaban J connectivity index is 2.40. The second-order valence-electron chi connectivity index (χ2n) is 4.02. The Morgan fingerprint density at radius 2 is 2.14 bits per heavy atom. The summed E-state index contributed by atoms with van der Waals surface area (Å²) < 4.78 is 5.44. The molecule has 8 nitrogen and oxygen atoms in total. The smallest absolute Gasteiger partial charge is 0.328 e. The zero-order chi connectivity index (χ0) is 15.4. The Morgan fingerprint density at radius 1 is 1.38 bits per heavy atom. The third-order valence-corrected chi connectivity index (χ3v) is 2.67. The SMILES string of the molecule is CCNc1nc(Cl)nc(Oc2c(C)cccc2[N+](=O)[O-])n1. The van der Waals surface area contributed by atoms with Crippen LogP contribution in [0, 0.1) is 17.0 Å². The molecule has 1 aromatic carbocycles. The van der Waals surface area contributed by atoms with Gasteiger partial charge in [-0.15, -0.1) is 0 Å². The van der Waals surface area contributed by atoms with Crippen molar-refractivity contribution in [1.29, 1.82) is 0 Å². The number of nitro groups is 1. The van der Waals surface area contributed by atoms with E-state index in [9.17, 15) is 10.1 Å². The molecule has 0 aliphatic carbocycles. The Labute approximate surface area is 125 Å². The number of benzene rings is 1. The fraction of sp³-hybridized carbons (Fsp3) is 0.250. The summed E-state index contributed by atoms with van der Waals surface area (Å²) in [5.74, 6) is 0.316. The van der Waals surface area contributed by atoms with E-state index in [4.69, 9.17) is 16.3 Å². The highest BCUT2D eigenvalue weighted by Crippen LogP contribution is 2.33. The molecule has 1 aromatic heterocycles. The molecule has 1 N–H and O–H groups in total. The van der Waals surface area contributed by atoms with Gasteiger partial charge in [0.15, 0.2) is 0 Å². The van der Waals surface area contributed by atoms with Gasteiger partial charge in [0.25, 0.3) is 0 Å². The zero-order valence-electron chi connectivity index (χ0n) is 11.3. The van der Waals surface area contributed by atoms with Crippen LogP contribution in [0.25, 0.3) is 0 Å². The molecule has 9 heteroatoms. The summed E-state index contributed by atoms with van der Waals surface area (Å²) in [6.07, 6.45) is 0. The van der Waals surface area contributed by atoms with Gasteiger partial charge in [-0.2, -0.15) is 15.0 Å². The molecular weight excluding hydrogens is 298 g/mol. The highest BCUT2D eigenvalue weighted by atomic mass is 35.5. The average Bonchev–Trinajstić information content (AvgIpc) is 2.40. The molecular formula is C12H12ClN5O3. The lowest BCUT2D eigenvalue weighted by Gasteiger charge is -2.08. The predicted molar refractivity (Wildman–Crippen MR) is 76.9 cm³/mol. The van der Waals surface area contributed by atoms with Crippen molar-refractivity contribution in [2.45, 2.75) is 13.8 Å². The van der Waals surface area contributed by atoms with Crippen LogP contribution in [0.2, 0.25) is 5.28 Å². The standard InChI is InChI=1S/C12H12ClN5O3/c1-3-14-11-15-10(13)16-12(17-11)21-9-7(2)5-4-6-8(9)18(19)20/h4-6H,3H2,1-2H3,(H,14,15,16,17). The van der Waals surface area contributed by atoms with Crippen molar-refractivity contribution in [1.82, 2.24) is 15.0 Å². The van der Waals surface area contributed by atoms with E-state index in [-0.39, 0.29) is 28.7 Å². The van der Waals surface area contributed by atoms with E-state index in [2.05, 4.69) is 20.3 Å². The first kappa shape index (κ1) is 14.9. The minimum absolute atomic E-state index is 0.0628. The predicted octanol–water partition coefficient (Wildman–Crippen LogP) is 2.97. The summed E-state index contributed by atoms with van der Waals surface area (Å²) in [7, 11) is 0. The van der Waals surface area contributed by atoms with Gasteiger partial charge in [-0.05, 0) is 31.0 Å². The Hall–Kier alpha value is -2.48. The molecule has 0 spiro atoms. The van der Waals surface area contributed by atoms with E-state index >= 15 is 0 Å². The molecule has 2 rings (SSSR count). The van der Waals surface area contributed by atoms with Gasteiger partial charge in [0.2, 0.25) is 17.0 Å². The number of para-hydroxylation sites is 1. The molecule has 0 fully saturated rings. The van der Waals surface area contributed by atoms with Crippen LogP contribution in [0.15, 0.2) is 18.2 Å². The summed E-state index contributed by atoms with van der Waals surface area (Å²) in [5.41, 5.74) is 0.419. The molecule has 0 aliphatic rings. The lowest BCUT2D eigenvalue weighted by atomic mass is 10.2. The minimum Gasteiger partial charge on any atom is -0.416 e. The zero-order valence-corrected chi connectivity index (χ0v) is 12.1. The number of hydrogen-bond acceptors (Lipinski definition) is 7. The first-order valence-corrected chi connectivity index (χ1v) is 6.46. The molecule has 0 amide bonds. The first-order chi connectivity index (χ1) is 10.0. The molecule has 0 saturated carbocycles. The lowest BCUT2D eigenvalue weighted by Crippen LogP contribution is -2.05. The second-order valence-corrected chi connectivity index (χ2v) is 4.36. The number of aryl methyl sites for hydroxylation is 1. The molecule has 0 radical (unpaired) electrons. The van der Waals surface area contributed by atoms with E-state index in [0.717, 1.165) is 0 Å². The second kappa shape index (κ2) is 6.31. The van der Waals surface area contributed by atoms with Crippen molar-refractivity contribution < 1.29 is 9.66 Å². The van der Waals surface area contributed by atoms with Crippen LogP contribution >= 0.6 is 11.6 Å². The van der Waals surface area contributed by atoms with Crippen molar-refractivity contribution in [2.75, 3.05) is 11.9 Å². The van der Waals surface area contributed by atoms with E-state index in [1.807, 2.05) is 6.92 Å². The minimum atomic E-state index is -0.531. The summed E-state index contributed by atoms with van der Waals surface area (Å²) in [6, 6.07) is 4.50. The number of nitro benzene ring substituents is 1. The van der Waals surface area contributed by atoms with Crippen LogP contribution in [-0.2, 0) is 0 Å². The molecule has 0 saturated heterocycles. The van der Waals surface area contributed by atoms with Crippen molar-refractivity contribution >= 4 is 23.2 Å².